The maximum atomic E-state index is 12.5. The van der Waals surface area contributed by atoms with Crippen molar-refractivity contribution in [2.75, 3.05) is 0 Å². The van der Waals surface area contributed by atoms with E-state index in [0.29, 0.717) is 11.1 Å². The molecule has 1 aromatic heterocycles. The molecule has 0 atom stereocenters. The van der Waals surface area contributed by atoms with E-state index in [2.05, 4.69) is 47.0 Å². The first kappa shape index (κ1) is 17.8. The number of nitrogens with zero attached hydrogens (tertiary/aromatic N) is 1. The highest BCUT2D eigenvalue weighted by molar-refractivity contribution is 6.08. The first-order chi connectivity index (χ1) is 12.3. The van der Waals surface area contributed by atoms with Gasteiger partial charge in [-0.25, -0.2) is 4.57 Å². The zero-order valence-electron chi connectivity index (χ0n) is 14.2. The molecule has 4 rings (SSSR count). The molecule has 0 aliphatic heterocycles. The number of fused-ring (bicyclic) bond motifs is 1. The van der Waals surface area contributed by atoms with Crippen molar-refractivity contribution in [2.24, 2.45) is 0 Å². The van der Waals surface area contributed by atoms with Crippen LogP contribution in [0.4, 0.5) is 0 Å². The van der Waals surface area contributed by atoms with Gasteiger partial charge in [-0.1, -0.05) is 72.8 Å². The van der Waals surface area contributed by atoms with E-state index in [1.165, 1.54) is 16.3 Å². The van der Waals surface area contributed by atoms with Gasteiger partial charge in [0.1, 0.15) is 0 Å². The van der Waals surface area contributed by atoms with E-state index in [-0.39, 0.29) is 18.2 Å². The Morgan fingerprint density at radius 3 is 2.08 bits per heavy atom. The Morgan fingerprint density at radius 2 is 1.31 bits per heavy atom. The molecule has 0 bridgehead atoms. The zero-order chi connectivity index (χ0) is 17.1. The van der Waals surface area contributed by atoms with E-state index in [1.807, 2.05) is 54.9 Å². The second-order valence-corrected chi connectivity index (χ2v) is 6.09. The van der Waals surface area contributed by atoms with Crippen LogP contribution in [0.5, 0.6) is 0 Å². The van der Waals surface area contributed by atoms with Crippen molar-refractivity contribution in [2.45, 2.75) is 6.54 Å². The highest BCUT2D eigenvalue weighted by atomic mass is 35.5. The van der Waals surface area contributed by atoms with Crippen molar-refractivity contribution in [1.29, 1.82) is 0 Å². The number of aromatic nitrogens is 1. The molecule has 26 heavy (non-hydrogen) atoms. The first-order valence-corrected chi connectivity index (χ1v) is 8.37. The van der Waals surface area contributed by atoms with E-state index >= 15 is 0 Å². The average molecular weight is 360 g/mol. The van der Waals surface area contributed by atoms with Crippen molar-refractivity contribution < 1.29 is 21.8 Å². The van der Waals surface area contributed by atoms with Crippen molar-refractivity contribution in [1.82, 2.24) is 0 Å². The molecular weight excluding hydrogens is 342 g/mol. The fourth-order valence-corrected chi connectivity index (χ4v) is 3.10. The molecule has 0 N–H and O–H groups in total. The highest BCUT2D eigenvalue weighted by Gasteiger charge is 2.11. The Bertz CT molecular complexity index is 1020. The summed E-state index contributed by atoms with van der Waals surface area (Å²) in [6.45, 7) is 0.779. The lowest BCUT2D eigenvalue weighted by atomic mass is 10.0. The summed E-state index contributed by atoms with van der Waals surface area (Å²) in [4.78, 5) is 12.5. The van der Waals surface area contributed by atoms with Gasteiger partial charge in [0.2, 0.25) is 0 Å². The molecule has 0 saturated carbocycles. The van der Waals surface area contributed by atoms with Gasteiger partial charge in [-0.3, -0.25) is 4.79 Å². The third-order valence-electron chi connectivity index (χ3n) is 4.42. The molecule has 128 valence electrons. The number of pyridine rings is 1. The molecule has 3 heteroatoms. The number of ketones is 1. The van der Waals surface area contributed by atoms with Gasteiger partial charge < -0.3 is 12.4 Å². The minimum Gasteiger partial charge on any atom is -1.00 e. The summed E-state index contributed by atoms with van der Waals surface area (Å²) in [5, 5.41) is 2.51. The van der Waals surface area contributed by atoms with Gasteiger partial charge in [0, 0.05) is 28.8 Å². The van der Waals surface area contributed by atoms with E-state index in [1.54, 1.807) is 0 Å². The maximum Gasteiger partial charge on any atom is 0.193 e. The van der Waals surface area contributed by atoms with Crippen LogP contribution in [0, 0.1) is 0 Å². The summed E-state index contributed by atoms with van der Waals surface area (Å²) >= 11 is 0. The lowest BCUT2D eigenvalue weighted by molar-refractivity contribution is -0.688. The molecule has 0 aliphatic carbocycles. The quantitative estimate of drug-likeness (QED) is 0.399. The summed E-state index contributed by atoms with van der Waals surface area (Å²) in [5.74, 6) is 0.0536. The van der Waals surface area contributed by atoms with Gasteiger partial charge in [-0.05, 0) is 10.8 Å². The number of carbonyl (C=O) groups excluding carboxylic acids is 1. The lowest BCUT2D eigenvalue weighted by Gasteiger charge is -2.04. The smallest absolute Gasteiger partial charge is 0.193 e. The number of carbonyl (C=O) groups is 1. The second kappa shape index (κ2) is 7.94. The monoisotopic (exact) mass is 359 g/mol. The van der Waals surface area contributed by atoms with Crippen LogP contribution in [0.1, 0.15) is 21.5 Å². The molecule has 3 aromatic carbocycles. The molecule has 0 radical (unpaired) electrons. The van der Waals surface area contributed by atoms with E-state index in [9.17, 15) is 4.79 Å². The zero-order valence-corrected chi connectivity index (χ0v) is 14.9. The SMILES string of the molecule is O=C(c1ccccc1)c1cc[n+](Cc2cccc3ccccc23)cc1.[Cl-]. The predicted molar refractivity (Wildman–Crippen MR) is 99.6 cm³/mol. The van der Waals surface area contributed by atoms with Crippen LogP contribution in [0.2, 0.25) is 0 Å². The Hall–Kier alpha value is -2.97. The molecule has 2 nitrogen and oxygen atoms in total. The minimum absolute atomic E-state index is 0. The Morgan fingerprint density at radius 1 is 0.692 bits per heavy atom. The fraction of sp³-hybridized carbons (Fsp3) is 0.0435. The molecule has 0 aliphatic rings. The average Bonchev–Trinajstić information content (AvgIpc) is 2.69. The Kier molecular flexibility index (Phi) is 5.45. The highest BCUT2D eigenvalue weighted by Crippen LogP contribution is 2.18. The largest absolute Gasteiger partial charge is 1.00 e. The van der Waals surface area contributed by atoms with E-state index < -0.39 is 0 Å². The molecular formula is C23H18ClNO. The van der Waals surface area contributed by atoms with Gasteiger partial charge in [-0.2, -0.15) is 0 Å². The summed E-state index contributed by atoms with van der Waals surface area (Å²) in [5.41, 5.74) is 2.69. The fourth-order valence-electron chi connectivity index (χ4n) is 3.10. The van der Waals surface area contributed by atoms with Gasteiger partial charge in [0.15, 0.2) is 24.7 Å². The molecule has 0 saturated heterocycles. The van der Waals surface area contributed by atoms with Crippen LogP contribution < -0.4 is 17.0 Å². The second-order valence-electron chi connectivity index (χ2n) is 6.09. The van der Waals surface area contributed by atoms with Crippen LogP contribution in [0.15, 0.2) is 97.3 Å². The standard InChI is InChI=1S/C23H18NO.ClH/c25-23(19-8-2-1-3-9-19)20-13-15-24(16-14-20)17-21-11-6-10-18-7-4-5-12-22(18)21;/h1-16H,17H2;1H/q+1;/p-1. The maximum absolute atomic E-state index is 12.5. The number of hydrogen-bond acceptors (Lipinski definition) is 1. The van der Waals surface area contributed by atoms with Gasteiger partial charge in [0.25, 0.3) is 0 Å². The first-order valence-electron chi connectivity index (χ1n) is 8.37. The molecule has 1 heterocycles. The molecule has 0 amide bonds. The summed E-state index contributed by atoms with van der Waals surface area (Å²) in [6, 6.07) is 27.9. The van der Waals surface area contributed by atoms with Crippen LogP contribution in [0.25, 0.3) is 10.8 Å². The Labute approximate surface area is 159 Å². The number of hydrogen-bond donors (Lipinski definition) is 0. The topological polar surface area (TPSA) is 20.9 Å². The molecule has 0 fully saturated rings. The number of halogens is 1. The van der Waals surface area contributed by atoms with Gasteiger partial charge >= 0.3 is 0 Å². The molecule has 0 unspecified atom stereocenters. The van der Waals surface area contributed by atoms with Crippen molar-refractivity contribution >= 4 is 16.6 Å². The number of rotatable bonds is 4. The van der Waals surface area contributed by atoms with Crippen LogP contribution >= 0.6 is 0 Å². The van der Waals surface area contributed by atoms with Crippen LogP contribution in [-0.4, -0.2) is 5.78 Å². The van der Waals surface area contributed by atoms with Crippen LogP contribution in [0.3, 0.4) is 0 Å². The summed E-state index contributed by atoms with van der Waals surface area (Å²) in [6.07, 6.45) is 3.94. The molecule has 0 spiro atoms. The Balaban J connectivity index is 0.00000196. The normalized spacial score (nSPS) is 10.3. The third-order valence-corrected chi connectivity index (χ3v) is 4.42. The van der Waals surface area contributed by atoms with E-state index in [4.69, 9.17) is 0 Å². The van der Waals surface area contributed by atoms with Gasteiger partial charge in [-0.15, -0.1) is 0 Å². The summed E-state index contributed by atoms with van der Waals surface area (Å²) < 4.78 is 2.10. The predicted octanol–water partition coefficient (Wildman–Crippen LogP) is 1.41. The van der Waals surface area contributed by atoms with Crippen molar-refractivity contribution in [3.63, 3.8) is 0 Å². The third kappa shape index (κ3) is 3.66. The van der Waals surface area contributed by atoms with Crippen LogP contribution in [-0.2, 0) is 6.54 Å². The van der Waals surface area contributed by atoms with E-state index in [0.717, 1.165) is 6.54 Å². The van der Waals surface area contributed by atoms with Gasteiger partial charge in [0.05, 0.1) is 0 Å². The lowest BCUT2D eigenvalue weighted by Crippen LogP contribution is -3.00. The minimum atomic E-state index is 0. The molecule has 4 aromatic rings. The van der Waals surface area contributed by atoms with Crippen molar-refractivity contribution in [3.8, 4) is 0 Å². The van der Waals surface area contributed by atoms with Crippen molar-refractivity contribution in [3.05, 3.63) is 114 Å². The summed E-state index contributed by atoms with van der Waals surface area (Å²) in [7, 11) is 0. The number of benzene rings is 3.